The van der Waals surface area contributed by atoms with E-state index in [2.05, 4.69) is 10.1 Å². The fourth-order valence-electron chi connectivity index (χ4n) is 1.62. The first kappa shape index (κ1) is 19.1. The van der Waals surface area contributed by atoms with Crippen molar-refractivity contribution < 1.29 is 29.0 Å². The van der Waals surface area contributed by atoms with Crippen molar-refractivity contribution >= 4 is 23.6 Å². The van der Waals surface area contributed by atoms with Gasteiger partial charge in [0.2, 0.25) is 5.91 Å². The van der Waals surface area contributed by atoms with Crippen LogP contribution in [-0.4, -0.2) is 41.9 Å². The highest BCUT2D eigenvalue weighted by atomic mass is 16.5. The molecule has 0 rings (SSSR count). The number of ether oxygens (including phenoxy) is 1. The van der Waals surface area contributed by atoms with Crippen molar-refractivity contribution in [2.45, 2.75) is 52.0 Å². The van der Waals surface area contributed by atoms with Gasteiger partial charge in [-0.1, -0.05) is 6.92 Å². The van der Waals surface area contributed by atoms with E-state index in [9.17, 15) is 19.2 Å². The maximum absolute atomic E-state index is 11.7. The lowest BCUT2D eigenvalue weighted by Gasteiger charge is -2.14. The Hall–Kier alpha value is -1.92. The number of unbranched alkanes of at least 4 members (excludes halogenated alkanes) is 1. The first-order chi connectivity index (χ1) is 9.77. The summed E-state index contributed by atoms with van der Waals surface area (Å²) in [5.74, 6) is -2.72. The van der Waals surface area contributed by atoms with Crippen molar-refractivity contribution in [3.8, 4) is 0 Å². The van der Waals surface area contributed by atoms with Crippen LogP contribution in [0.5, 0.6) is 0 Å². The molecule has 0 bridgehead atoms. The number of ketones is 1. The number of Topliss-reactive ketones (excluding diaryl/α,β-unsaturated/α-hetero) is 1. The highest BCUT2D eigenvalue weighted by Gasteiger charge is 2.21. The minimum absolute atomic E-state index is 0.112. The average molecular weight is 301 g/mol. The molecule has 0 unspecified atom stereocenters. The molecule has 1 amide bonds. The van der Waals surface area contributed by atoms with Crippen LogP contribution in [0.4, 0.5) is 0 Å². The summed E-state index contributed by atoms with van der Waals surface area (Å²) in [5, 5.41) is 11.3. The summed E-state index contributed by atoms with van der Waals surface area (Å²) in [4.78, 5) is 44.8. The van der Waals surface area contributed by atoms with E-state index in [1.165, 1.54) is 21.0 Å². The van der Waals surface area contributed by atoms with Crippen molar-refractivity contribution in [2.75, 3.05) is 7.11 Å². The summed E-state index contributed by atoms with van der Waals surface area (Å²) in [5.41, 5.74) is 0. The van der Waals surface area contributed by atoms with Gasteiger partial charge in [-0.15, -0.1) is 0 Å². The molecule has 120 valence electrons. The quantitative estimate of drug-likeness (QED) is 0.458. The second-order valence-corrected chi connectivity index (χ2v) is 4.98. The van der Waals surface area contributed by atoms with Gasteiger partial charge in [-0.05, 0) is 19.8 Å². The standard InChI is InChI=1S/C14H23NO6/c1-9(14(19)20)8-11(16)10(2)15-12(17)6-4-5-7-13(18)21-3/h9-10H,4-8H2,1-3H3,(H,15,17)(H,19,20)/t9-,10+/m1/s1. The Balaban J connectivity index is 3.95. The monoisotopic (exact) mass is 301 g/mol. The van der Waals surface area contributed by atoms with E-state index in [0.29, 0.717) is 12.8 Å². The maximum atomic E-state index is 11.7. The van der Waals surface area contributed by atoms with Gasteiger partial charge in [0, 0.05) is 19.3 Å². The molecular formula is C14H23NO6. The van der Waals surface area contributed by atoms with Crippen molar-refractivity contribution in [3.63, 3.8) is 0 Å². The van der Waals surface area contributed by atoms with Crippen LogP contribution in [0.1, 0.15) is 46.0 Å². The molecule has 0 aromatic carbocycles. The number of amides is 1. The summed E-state index contributed by atoms with van der Waals surface area (Å²) in [7, 11) is 1.31. The van der Waals surface area contributed by atoms with Gasteiger partial charge >= 0.3 is 11.9 Å². The van der Waals surface area contributed by atoms with Crippen LogP contribution in [-0.2, 0) is 23.9 Å². The Morgan fingerprint density at radius 3 is 2.19 bits per heavy atom. The molecule has 7 heteroatoms. The number of nitrogens with one attached hydrogen (secondary N) is 1. The van der Waals surface area contributed by atoms with Gasteiger partial charge in [-0.25, -0.2) is 0 Å². The molecule has 0 aliphatic rings. The van der Waals surface area contributed by atoms with Gasteiger partial charge < -0.3 is 15.2 Å². The van der Waals surface area contributed by atoms with Gasteiger partial charge in [-0.2, -0.15) is 0 Å². The van der Waals surface area contributed by atoms with E-state index < -0.39 is 17.9 Å². The number of esters is 1. The molecule has 0 heterocycles. The third-order valence-electron chi connectivity index (χ3n) is 3.05. The normalized spacial score (nSPS) is 13.1. The molecule has 0 saturated carbocycles. The number of carbonyl (C=O) groups excluding carboxylic acids is 3. The minimum atomic E-state index is -1.04. The number of methoxy groups -OCH3 is 1. The summed E-state index contributed by atoms with van der Waals surface area (Å²) in [6.07, 6.45) is 1.42. The Morgan fingerprint density at radius 1 is 1.10 bits per heavy atom. The third-order valence-corrected chi connectivity index (χ3v) is 3.05. The van der Waals surface area contributed by atoms with Gasteiger partial charge in [0.25, 0.3) is 0 Å². The zero-order valence-electron chi connectivity index (χ0n) is 12.7. The lowest BCUT2D eigenvalue weighted by atomic mass is 10.0. The van der Waals surface area contributed by atoms with Gasteiger partial charge in [0.05, 0.1) is 19.1 Å². The Kier molecular flexibility index (Phi) is 9.00. The van der Waals surface area contributed by atoms with Gasteiger partial charge in [-0.3, -0.25) is 19.2 Å². The molecule has 7 nitrogen and oxygen atoms in total. The number of hydrogen-bond acceptors (Lipinski definition) is 5. The van der Waals surface area contributed by atoms with Crippen LogP contribution in [0.3, 0.4) is 0 Å². The van der Waals surface area contributed by atoms with Crippen molar-refractivity contribution in [1.82, 2.24) is 5.32 Å². The number of rotatable bonds is 10. The highest BCUT2D eigenvalue weighted by molar-refractivity contribution is 5.90. The van der Waals surface area contributed by atoms with Crippen LogP contribution in [0, 0.1) is 5.92 Å². The summed E-state index contributed by atoms with van der Waals surface area (Å²) in [6.45, 7) is 2.98. The third kappa shape index (κ3) is 8.78. The van der Waals surface area contributed by atoms with Gasteiger partial charge in [0.15, 0.2) is 5.78 Å². The fraction of sp³-hybridized carbons (Fsp3) is 0.714. The lowest BCUT2D eigenvalue weighted by Crippen LogP contribution is -2.39. The topological polar surface area (TPSA) is 110 Å². The zero-order chi connectivity index (χ0) is 16.4. The molecule has 0 aromatic rings. The smallest absolute Gasteiger partial charge is 0.306 e. The summed E-state index contributed by atoms with van der Waals surface area (Å²) in [6, 6.07) is -0.708. The van der Waals surface area contributed by atoms with E-state index in [-0.39, 0.29) is 36.9 Å². The molecular weight excluding hydrogens is 278 g/mol. The minimum Gasteiger partial charge on any atom is -0.481 e. The number of aliphatic carboxylic acids is 1. The molecule has 2 atom stereocenters. The number of carboxylic acids is 1. The van der Waals surface area contributed by atoms with Crippen molar-refractivity contribution in [1.29, 1.82) is 0 Å². The van der Waals surface area contributed by atoms with E-state index in [1.54, 1.807) is 0 Å². The molecule has 0 aromatic heterocycles. The molecule has 0 spiro atoms. The summed E-state index contributed by atoms with van der Waals surface area (Å²) >= 11 is 0. The van der Waals surface area contributed by atoms with Crippen LogP contribution in [0.2, 0.25) is 0 Å². The van der Waals surface area contributed by atoms with Crippen molar-refractivity contribution in [3.05, 3.63) is 0 Å². The molecule has 2 N–H and O–H groups in total. The Bertz CT molecular complexity index is 393. The zero-order valence-corrected chi connectivity index (χ0v) is 12.7. The number of carbonyl (C=O) groups is 4. The second kappa shape index (κ2) is 9.90. The molecule has 0 aliphatic heterocycles. The van der Waals surface area contributed by atoms with Crippen LogP contribution < -0.4 is 5.32 Å². The molecule has 0 saturated heterocycles. The largest absolute Gasteiger partial charge is 0.481 e. The van der Waals surface area contributed by atoms with Crippen LogP contribution in [0.25, 0.3) is 0 Å². The Labute approximate surface area is 124 Å². The number of hydrogen-bond donors (Lipinski definition) is 2. The SMILES string of the molecule is COC(=O)CCCCC(=O)N[C@@H](C)C(=O)C[C@@H](C)C(=O)O. The van der Waals surface area contributed by atoms with E-state index in [4.69, 9.17) is 5.11 Å². The predicted octanol–water partition coefficient (Wildman–Crippen LogP) is 0.904. The Morgan fingerprint density at radius 2 is 1.67 bits per heavy atom. The van der Waals surface area contributed by atoms with E-state index in [0.717, 1.165) is 0 Å². The predicted molar refractivity (Wildman–Crippen MR) is 74.5 cm³/mol. The first-order valence-corrected chi connectivity index (χ1v) is 6.89. The highest BCUT2D eigenvalue weighted by Crippen LogP contribution is 2.06. The first-order valence-electron chi connectivity index (χ1n) is 6.89. The van der Waals surface area contributed by atoms with Crippen LogP contribution >= 0.6 is 0 Å². The molecule has 0 fully saturated rings. The summed E-state index contributed by atoms with van der Waals surface area (Å²) < 4.78 is 4.48. The molecule has 21 heavy (non-hydrogen) atoms. The van der Waals surface area contributed by atoms with Crippen LogP contribution in [0.15, 0.2) is 0 Å². The second-order valence-electron chi connectivity index (χ2n) is 4.98. The maximum Gasteiger partial charge on any atom is 0.306 e. The lowest BCUT2D eigenvalue weighted by molar-refractivity contribution is -0.143. The van der Waals surface area contributed by atoms with Gasteiger partial charge in [0.1, 0.15) is 0 Å². The van der Waals surface area contributed by atoms with E-state index in [1.807, 2.05) is 0 Å². The van der Waals surface area contributed by atoms with E-state index >= 15 is 0 Å². The average Bonchev–Trinajstić information content (AvgIpc) is 2.42. The fourth-order valence-corrected chi connectivity index (χ4v) is 1.62. The number of carboxylic acid groups (broad SMARTS) is 1. The molecule has 0 radical (unpaired) electrons. The van der Waals surface area contributed by atoms with Crippen molar-refractivity contribution in [2.24, 2.45) is 5.92 Å². The molecule has 0 aliphatic carbocycles.